The quantitative estimate of drug-likeness (QED) is 0.869. The third kappa shape index (κ3) is 3.79. The fourth-order valence-corrected chi connectivity index (χ4v) is 4.34. The highest BCUT2D eigenvalue weighted by Crippen LogP contribution is 2.39. The van der Waals surface area contributed by atoms with Crippen LogP contribution in [0, 0.1) is 0 Å². The van der Waals surface area contributed by atoms with Crippen LogP contribution in [0.3, 0.4) is 0 Å². The Kier molecular flexibility index (Phi) is 4.01. The summed E-state index contributed by atoms with van der Waals surface area (Å²) in [6.45, 7) is 3.37. The molecule has 1 saturated carbocycles. The Labute approximate surface area is 136 Å². The van der Waals surface area contributed by atoms with Gasteiger partial charge in [-0.15, -0.1) is 10.2 Å². The number of hydrogen-bond donors (Lipinski definition) is 1. The highest BCUT2D eigenvalue weighted by atomic mass is 32.2. The van der Waals surface area contributed by atoms with Crippen molar-refractivity contribution in [2.24, 2.45) is 0 Å². The van der Waals surface area contributed by atoms with Crippen molar-refractivity contribution in [2.45, 2.75) is 49.9 Å². The van der Waals surface area contributed by atoms with E-state index in [1.54, 1.807) is 4.57 Å². The lowest BCUT2D eigenvalue weighted by atomic mass is 10.2. The second-order valence-electron chi connectivity index (χ2n) is 6.76. The first kappa shape index (κ1) is 16.1. The molecule has 1 aromatic heterocycles. The van der Waals surface area contributed by atoms with Gasteiger partial charge in [-0.1, -0.05) is 30.3 Å². The van der Waals surface area contributed by atoms with Crippen LogP contribution in [0.4, 0.5) is 0 Å². The van der Waals surface area contributed by atoms with E-state index in [9.17, 15) is 13.5 Å². The highest BCUT2D eigenvalue weighted by Gasteiger charge is 2.35. The van der Waals surface area contributed by atoms with E-state index in [-0.39, 0.29) is 16.8 Å². The van der Waals surface area contributed by atoms with Crippen LogP contribution in [0.25, 0.3) is 0 Å². The Hall–Kier alpha value is -1.73. The second-order valence-corrected chi connectivity index (χ2v) is 8.64. The summed E-state index contributed by atoms with van der Waals surface area (Å²) in [4.78, 5) is 0. The minimum absolute atomic E-state index is 0.0506. The number of nitrogens with zero attached hydrogens (tertiary/aromatic N) is 3. The number of rotatable bonds is 6. The number of sulfone groups is 1. The molecule has 0 radical (unpaired) electrons. The zero-order chi connectivity index (χ0) is 16.7. The van der Waals surface area contributed by atoms with Crippen LogP contribution in [0.15, 0.2) is 35.5 Å². The van der Waals surface area contributed by atoms with Gasteiger partial charge in [-0.2, -0.15) is 0 Å². The predicted octanol–water partition coefficient (Wildman–Crippen LogP) is 1.75. The average Bonchev–Trinajstić information content (AvgIpc) is 3.18. The average molecular weight is 335 g/mol. The van der Waals surface area contributed by atoms with E-state index in [0.29, 0.717) is 6.54 Å². The number of aromatic nitrogens is 3. The van der Waals surface area contributed by atoms with Gasteiger partial charge >= 0.3 is 0 Å². The molecular weight excluding hydrogens is 314 g/mol. The van der Waals surface area contributed by atoms with Crippen LogP contribution in [-0.2, 0) is 16.4 Å². The molecule has 0 unspecified atom stereocenters. The molecule has 1 aliphatic carbocycles. The SMILES string of the molecule is CC(C)(O)CS(=O)(=O)c1nnc(C2CC2)n1Cc1ccccc1. The molecule has 0 amide bonds. The molecular formula is C16H21N3O3S. The first-order valence-electron chi connectivity index (χ1n) is 7.68. The molecule has 23 heavy (non-hydrogen) atoms. The van der Waals surface area contributed by atoms with Crippen LogP contribution in [0.5, 0.6) is 0 Å². The number of benzene rings is 1. The van der Waals surface area contributed by atoms with Crippen LogP contribution in [-0.4, -0.2) is 39.6 Å². The summed E-state index contributed by atoms with van der Waals surface area (Å²) >= 11 is 0. The molecule has 0 aliphatic heterocycles. The van der Waals surface area contributed by atoms with Crippen molar-refractivity contribution in [3.8, 4) is 0 Å². The van der Waals surface area contributed by atoms with Gasteiger partial charge in [-0.25, -0.2) is 8.42 Å². The van der Waals surface area contributed by atoms with E-state index in [2.05, 4.69) is 10.2 Å². The van der Waals surface area contributed by atoms with Crippen LogP contribution < -0.4 is 0 Å². The van der Waals surface area contributed by atoms with Crippen molar-refractivity contribution in [1.29, 1.82) is 0 Å². The molecule has 1 fully saturated rings. The standard InChI is InChI=1S/C16H21N3O3S/c1-16(2,20)11-23(21,22)15-18-17-14(13-8-9-13)19(15)10-12-6-4-3-5-7-12/h3-7,13,20H,8-11H2,1-2H3. The van der Waals surface area contributed by atoms with Crippen LogP contribution in [0.1, 0.15) is 44.0 Å². The summed E-state index contributed by atoms with van der Waals surface area (Å²) in [5.74, 6) is 0.637. The van der Waals surface area contributed by atoms with Gasteiger partial charge in [0.15, 0.2) is 0 Å². The molecule has 2 aromatic rings. The van der Waals surface area contributed by atoms with Crippen molar-refractivity contribution >= 4 is 9.84 Å². The molecule has 0 atom stereocenters. The smallest absolute Gasteiger partial charge is 0.250 e. The summed E-state index contributed by atoms with van der Waals surface area (Å²) in [6.07, 6.45) is 2.02. The van der Waals surface area contributed by atoms with Gasteiger partial charge in [0, 0.05) is 5.92 Å². The van der Waals surface area contributed by atoms with Gasteiger partial charge in [0.2, 0.25) is 15.0 Å². The zero-order valence-corrected chi connectivity index (χ0v) is 14.1. The summed E-state index contributed by atoms with van der Waals surface area (Å²) in [6, 6.07) is 9.65. The summed E-state index contributed by atoms with van der Waals surface area (Å²) < 4.78 is 27.0. The largest absolute Gasteiger partial charge is 0.389 e. The van der Waals surface area contributed by atoms with Crippen molar-refractivity contribution < 1.29 is 13.5 Å². The Bertz CT molecular complexity index is 788. The molecule has 1 heterocycles. The highest BCUT2D eigenvalue weighted by molar-refractivity contribution is 7.91. The lowest BCUT2D eigenvalue weighted by Crippen LogP contribution is -2.31. The minimum atomic E-state index is -3.71. The fraction of sp³-hybridized carbons (Fsp3) is 0.500. The van der Waals surface area contributed by atoms with Crippen molar-refractivity contribution in [3.05, 3.63) is 41.7 Å². The van der Waals surface area contributed by atoms with E-state index in [4.69, 9.17) is 0 Å². The van der Waals surface area contributed by atoms with E-state index in [0.717, 1.165) is 24.2 Å². The second kappa shape index (κ2) is 5.72. The molecule has 0 bridgehead atoms. The maximum atomic E-state index is 12.6. The Balaban J connectivity index is 2.01. The lowest BCUT2D eigenvalue weighted by molar-refractivity contribution is 0.105. The first-order valence-corrected chi connectivity index (χ1v) is 9.34. The zero-order valence-electron chi connectivity index (χ0n) is 13.3. The van der Waals surface area contributed by atoms with E-state index >= 15 is 0 Å². The lowest BCUT2D eigenvalue weighted by Gasteiger charge is -2.17. The Morgan fingerprint density at radius 1 is 1.22 bits per heavy atom. The summed E-state index contributed by atoms with van der Waals surface area (Å²) in [7, 11) is -3.71. The van der Waals surface area contributed by atoms with Gasteiger partial charge in [0.25, 0.3) is 0 Å². The fourth-order valence-electron chi connectivity index (χ4n) is 2.62. The molecule has 124 valence electrons. The van der Waals surface area contributed by atoms with Crippen LogP contribution in [0.2, 0.25) is 0 Å². The predicted molar refractivity (Wildman–Crippen MR) is 85.9 cm³/mol. The molecule has 0 spiro atoms. The molecule has 7 heteroatoms. The molecule has 1 N–H and O–H groups in total. The molecule has 6 nitrogen and oxygen atoms in total. The maximum absolute atomic E-state index is 12.6. The third-order valence-electron chi connectivity index (χ3n) is 3.69. The Morgan fingerprint density at radius 2 is 1.87 bits per heavy atom. The molecule has 0 saturated heterocycles. The van der Waals surface area contributed by atoms with Crippen molar-refractivity contribution in [3.63, 3.8) is 0 Å². The third-order valence-corrected chi connectivity index (χ3v) is 5.64. The van der Waals surface area contributed by atoms with E-state index in [1.807, 2.05) is 30.3 Å². The normalized spacial score (nSPS) is 15.8. The summed E-state index contributed by atoms with van der Waals surface area (Å²) in [5.41, 5.74) is -0.323. The van der Waals surface area contributed by atoms with Gasteiger partial charge in [-0.05, 0) is 32.3 Å². The summed E-state index contributed by atoms with van der Waals surface area (Å²) in [5, 5.41) is 17.9. The molecule has 3 rings (SSSR count). The van der Waals surface area contributed by atoms with Crippen LogP contribution >= 0.6 is 0 Å². The number of aliphatic hydroxyl groups is 1. The van der Waals surface area contributed by atoms with Gasteiger partial charge in [0.05, 0.1) is 17.9 Å². The minimum Gasteiger partial charge on any atom is -0.389 e. The van der Waals surface area contributed by atoms with Gasteiger partial charge in [-0.3, -0.25) is 4.57 Å². The first-order chi connectivity index (χ1) is 10.8. The monoisotopic (exact) mass is 335 g/mol. The van der Waals surface area contributed by atoms with E-state index < -0.39 is 15.4 Å². The maximum Gasteiger partial charge on any atom is 0.250 e. The Morgan fingerprint density at radius 3 is 2.43 bits per heavy atom. The molecule has 1 aliphatic rings. The van der Waals surface area contributed by atoms with Gasteiger partial charge < -0.3 is 5.11 Å². The topological polar surface area (TPSA) is 85.1 Å². The molecule has 1 aromatic carbocycles. The van der Waals surface area contributed by atoms with Crippen molar-refractivity contribution in [2.75, 3.05) is 5.75 Å². The van der Waals surface area contributed by atoms with Crippen molar-refractivity contribution in [1.82, 2.24) is 14.8 Å². The van der Waals surface area contributed by atoms with E-state index in [1.165, 1.54) is 13.8 Å². The van der Waals surface area contributed by atoms with Gasteiger partial charge in [0.1, 0.15) is 5.82 Å². The number of hydrogen-bond acceptors (Lipinski definition) is 5.